The van der Waals surface area contributed by atoms with Gasteiger partial charge in [0.25, 0.3) is 5.91 Å². The number of hydrogen-bond acceptors (Lipinski definition) is 4. The van der Waals surface area contributed by atoms with E-state index >= 15 is 0 Å². The third-order valence-electron chi connectivity index (χ3n) is 3.48. The Kier molecular flexibility index (Phi) is 6.56. The van der Waals surface area contributed by atoms with Gasteiger partial charge in [0.2, 0.25) is 5.91 Å². The molecule has 0 spiro atoms. The summed E-state index contributed by atoms with van der Waals surface area (Å²) in [6.07, 6.45) is 1.78. The molecule has 1 aliphatic carbocycles. The SMILES string of the molecule is CC(C)c1ccc(OCC(=O)NNC(=S)NC(=O)C2CC2)c(Br)c1. The second kappa shape index (κ2) is 8.43. The van der Waals surface area contributed by atoms with Crippen molar-refractivity contribution >= 4 is 45.1 Å². The van der Waals surface area contributed by atoms with Crippen LogP contribution in [-0.4, -0.2) is 23.5 Å². The first-order chi connectivity index (χ1) is 11.4. The van der Waals surface area contributed by atoms with Crippen molar-refractivity contribution in [1.29, 1.82) is 0 Å². The number of rotatable bonds is 5. The molecule has 130 valence electrons. The lowest BCUT2D eigenvalue weighted by molar-refractivity contribution is -0.124. The van der Waals surface area contributed by atoms with Crippen LogP contribution < -0.4 is 20.9 Å². The fraction of sp³-hybridized carbons (Fsp3) is 0.438. The molecule has 1 aliphatic rings. The monoisotopic (exact) mass is 413 g/mol. The predicted octanol–water partition coefficient (Wildman–Crippen LogP) is 2.38. The number of nitrogens with one attached hydrogen (secondary N) is 3. The maximum Gasteiger partial charge on any atom is 0.276 e. The number of carbonyl (C=O) groups excluding carboxylic acids is 2. The van der Waals surface area contributed by atoms with Gasteiger partial charge in [-0.2, -0.15) is 0 Å². The van der Waals surface area contributed by atoms with E-state index in [1.165, 1.54) is 5.56 Å². The van der Waals surface area contributed by atoms with E-state index < -0.39 is 5.91 Å². The quantitative estimate of drug-likeness (QED) is 0.510. The molecule has 0 radical (unpaired) electrons. The topological polar surface area (TPSA) is 79.5 Å². The van der Waals surface area contributed by atoms with Crippen LogP contribution in [0, 0.1) is 5.92 Å². The number of amides is 2. The molecule has 0 bridgehead atoms. The highest BCUT2D eigenvalue weighted by Gasteiger charge is 2.30. The van der Waals surface area contributed by atoms with Crippen LogP contribution in [0.3, 0.4) is 0 Å². The van der Waals surface area contributed by atoms with Crippen LogP contribution in [0.15, 0.2) is 22.7 Å². The first-order valence-corrected chi connectivity index (χ1v) is 8.89. The van der Waals surface area contributed by atoms with Crippen LogP contribution in [-0.2, 0) is 9.59 Å². The summed E-state index contributed by atoms with van der Waals surface area (Å²) in [6, 6.07) is 5.75. The number of benzene rings is 1. The van der Waals surface area contributed by atoms with Crippen LogP contribution in [0.2, 0.25) is 0 Å². The molecule has 2 rings (SSSR count). The largest absolute Gasteiger partial charge is 0.483 e. The van der Waals surface area contributed by atoms with Gasteiger partial charge in [-0.05, 0) is 64.6 Å². The normalized spacial score (nSPS) is 13.3. The Bertz CT molecular complexity index is 647. The minimum absolute atomic E-state index is 0.0509. The molecule has 6 nitrogen and oxygen atoms in total. The Hall–Kier alpha value is -1.67. The lowest BCUT2D eigenvalue weighted by Gasteiger charge is -2.13. The van der Waals surface area contributed by atoms with Gasteiger partial charge in [0.05, 0.1) is 4.47 Å². The van der Waals surface area contributed by atoms with Gasteiger partial charge in [0.15, 0.2) is 11.7 Å². The fourth-order valence-electron chi connectivity index (χ4n) is 1.89. The Morgan fingerprint density at radius 1 is 1.33 bits per heavy atom. The van der Waals surface area contributed by atoms with Gasteiger partial charge in [-0.15, -0.1) is 0 Å². The fourth-order valence-corrected chi connectivity index (χ4v) is 2.55. The summed E-state index contributed by atoms with van der Waals surface area (Å²) < 4.78 is 6.26. The molecule has 8 heteroatoms. The Labute approximate surface area is 154 Å². The van der Waals surface area contributed by atoms with E-state index in [1.54, 1.807) is 0 Å². The van der Waals surface area contributed by atoms with Crippen molar-refractivity contribution in [3.8, 4) is 5.75 Å². The Morgan fingerprint density at radius 2 is 2.04 bits per heavy atom. The molecule has 0 unspecified atom stereocenters. The first kappa shape index (κ1) is 18.7. The summed E-state index contributed by atoms with van der Waals surface area (Å²) in [7, 11) is 0. The third-order valence-corrected chi connectivity index (χ3v) is 4.31. The summed E-state index contributed by atoms with van der Waals surface area (Å²) in [4.78, 5) is 23.3. The molecule has 1 saturated carbocycles. The molecule has 1 aromatic rings. The number of hydrazine groups is 1. The van der Waals surface area contributed by atoms with Crippen LogP contribution >= 0.6 is 28.1 Å². The minimum atomic E-state index is -0.405. The van der Waals surface area contributed by atoms with E-state index in [-0.39, 0.29) is 23.5 Å². The standard InChI is InChI=1S/C16H20BrN3O3S/c1-9(2)11-5-6-13(12(17)7-11)23-8-14(21)19-20-16(24)18-15(22)10-3-4-10/h5-7,9-10H,3-4,8H2,1-2H3,(H,19,21)(H2,18,20,22,24). The van der Waals surface area contributed by atoms with E-state index in [1.807, 2.05) is 18.2 Å². The smallest absolute Gasteiger partial charge is 0.276 e. The minimum Gasteiger partial charge on any atom is -0.483 e. The molecule has 2 amide bonds. The van der Waals surface area contributed by atoms with E-state index in [0.29, 0.717) is 11.7 Å². The zero-order valence-electron chi connectivity index (χ0n) is 13.5. The van der Waals surface area contributed by atoms with Crippen molar-refractivity contribution in [1.82, 2.24) is 16.2 Å². The molecule has 1 fully saturated rings. The highest BCUT2D eigenvalue weighted by molar-refractivity contribution is 9.10. The van der Waals surface area contributed by atoms with Crippen LogP contribution in [0.4, 0.5) is 0 Å². The first-order valence-electron chi connectivity index (χ1n) is 7.68. The molecular weight excluding hydrogens is 394 g/mol. The Balaban J connectivity index is 1.72. The summed E-state index contributed by atoms with van der Waals surface area (Å²) in [5.74, 6) is 0.522. The van der Waals surface area contributed by atoms with Crippen LogP contribution in [0.5, 0.6) is 5.75 Å². The average Bonchev–Trinajstić information content (AvgIpc) is 3.36. The zero-order chi connectivity index (χ0) is 17.7. The van der Waals surface area contributed by atoms with Gasteiger partial charge in [-0.3, -0.25) is 20.4 Å². The molecule has 0 aliphatic heterocycles. The maximum atomic E-state index is 11.8. The second-order valence-corrected chi connectivity index (χ2v) is 7.16. The Morgan fingerprint density at radius 3 is 2.62 bits per heavy atom. The van der Waals surface area contributed by atoms with E-state index in [0.717, 1.165) is 17.3 Å². The lowest BCUT2D eigenvalue weighted by atomic mass is 10.0. The zero-order valence-corrected chi connectivity index (χ0v) is 15.9. The summed E-state index contributed by atoms with van der Waals surface area (Å²) >= 11 is 8.36. The molecule has 24 heavy (non-hydrogen) atoms. The summed E-state index contributed by atoms with van der Waals surface area (Å²) in [5, 5.41) is 2.59. The van der Waals surface area contributed by atoms with Crippen molar-refractivity contribution in [3.63, 3.8) is 0 Å². The summed E-state index contributed by atoms with van der Waals surface area (Å²) in [5.41, 5.74) is 6.04. The van der Waals surface area contributed by atoms with Gasteiger partial charge < -0.3 is 10.1 Å². The van der Waals surface area contributed by atoms with Crippen LogP contribution in [0.25, 0.3) is 0 Å². The van der Waals surface area contributed by atoms with Crippen molar-refractivity contribution < 1.29 is 14.3 Å². The van der Waals surface area contributed by atoms with Crippen LogP contribution in [0.1, 0.15) is 38.2 Å². The number of thiocarbonyl (C=S) groups is 1. The van der Waals surface area contributed by atoms with Crippen molar-refractivity contribution in [2.45, 2.75) is 32.6 Å². The van der Waals surface area contributed by atoms with Crippen molar-refractivity contribution in [3.05, 3.63) is 28.2 Å². The molecular formula is C16H20BrN3O3S. The predicted molar refractivity (Wildman–Crippen MR) is 98.5 cm³/mol. The van der Waals surface area contributed by atoms with Gasteiger partial charge in [-0.1, -0.05) is 19.9 Å². The number of halogens is 1. The highest BCUT2D eigenvalue weighted by atomic mass is 79.9. The van der Waals surface area contributed by atoms with Crippen molar-refractivity contribution in [2.24, 2.45) is 5.92 Å². The van der Waals surface area contributed by atoms with E-state index in [2.05, 4.69) is 45.9 Å². The maximum absolute atomic E-state index is 11.8. The highest BCUT2D eigenvalue weighted by Crippen LogP contribution is 2.29. The van der Waals surface area contributed by atoms with Gasteiger partial charge in [0.1, 0.15) is 5.75 Å². The second-order valence-electron chi connectivity index (χ2n) is 5.90. The van der Waals surface area contributed by atoms with Crippen molar-refractivity contribution in [2.75, 3.05) is 6.61 Å². The molecule has 0 atom stereocenters. The molecule has 3 N–H and O–H groups in total. The molecule has 1 aromatic carbocycles. The summed E-state index contributed by atoms with van der Waals surface area (Å²) in [6.45, 7) is 4.03. The third kappa shape index (κ3) is 5.76. The van der Waals surface area contributed by atoms with Gasteiger partial charge in [0, 0.05) is 5.92 Å². The molecule has 0 aromatic heterocycles. The molecule has 0 heterocycles. The van der Waals surface area contributed by atoms with E-state index in [9.17, 15) is 9.59 Å². The average molecular weight is 414 g/mol. The number of ether oxygens (including phenoxy) is 1. The lowest BCUT2D eigenvalue weighted by Crippen LogP contribution is -2.50. The van der Waals surface area contributed by atoms with Gasteiger partial charge in [-0.25, -0.2) is 0 Å². The molecule has 0 saturated heterocycles. The van der Waals surface area contributed by atoms with Gasteiger partial charge >= 0.3 is 0 Å². The van der Waals surface area contributed by atoms with E-state index in [4.69, 9.17) is 17.0 Å². The number of carbonyl (C=O) groups is 2. The number of hydrogen-bond donors (Lipinski definition) is 3.